The standard InChI is InChI=1S/C16H15N3OS2/c1-18(2)19-15(20)14(11-13-9-6-10-21-13)22-16(19)17-12-7-4-3-5-8-12/h3-11H,1-2H3/b14-11-,17-16?. The fourth-order valence-corrected chi connectivity index (χ4v) is 3.78. The first-order valence-corrected chi connectivity index (χ1v) is 8.43. The Hall–Kier alpha value is -1.89. The predicted molar refractivity (Wildman–Crippen MR) is 94.0 cm³/mol. The fourth-order valence-electron chi connectivity index (χ4n) is 2.01. The Balaban J connectivity index is 1.96. The van der Waals surface area contributed by atoms with Crippen molar-refractivity contribution < 1.29 is 4.79 Å². The number of rotatable bonds is 3. The van der Waals surface area contributed by atoms with E-state index in [9.17, 15) is 4.79 Å². The van der Waals surface area contributed by atoms with Gasteiger partial charge in [-0.05, 0) is 41.4 Å². The van der Waals surface area contributed by atoms with Crippen molar-refractivity contribution in [2.45, 2.75) is 0 Å². The minimum Gasteiger partial charge on any atom is -0.267 e. The molecule has 2 aromatic rings. The van der Waals surface area contributed by atoms with E-state index < -0.39 is 0 Å². The van der Waals surface area contributed by atoms with Crippen LogP contribution in [0.3, 0.4) is 0 Å². The monoisotopic (exact) mass is 329 g/mol. The van der Waals surface area contributed by atoms with Gasteiger partial charge < -0.3 is 0 Å². The number of carbonyl (C=O) groups excluding carboxylic acids is 1. The van der Waals surface area contributed by atoms with E-state index in [-0.39, 0.29) is 5.91 Å². The minimum absolute atomic E-state index is 0.0434. The molecule has 0 radical (unpaired) electrons. The summed E-state index contributed by atoms with van der Waals surface area (Å²) >= 11 is 3.01. The molecule has 3 rings (SSSR count). The normalized spacial score (nSPS) is 18.9. The van der Waals surface area contributed by atoms with Crippen LogP contribution < -0.4 is 0 Å². The second-order valence-electron chi connectivity index (χ2n) is 4.82. The van der Waals surface area contributed by atoms with Gasteiger partial charge in [0, 0.05) is 19.0 Å². The maximum Gasteiger partial charge on any atom is 0.281 e. The second kappa shape index (κ2) is 6.48. The Morgan fingerprint density at radius 1 is 1.14 bits per heavy atom. The van der Waals surface area contributed by atoms with Crippen LogP contribution in [0.25, 0.3) is 6.08 Å². The number of aliphatic imine (C=N–C) groups is 1. The molecule has 0 aliphatic carbocycles. The van der Waals surface area contributed by atoms with E-state index in [0.717, 1.165) is 10.6 Å². The minimum atomic E-state index is -0.0434. The van der Waals surface area contributed by atoms with E-state index in [4.69, 9.17) is 0 Å². The van der Waals surface area contributed by atoms with Crippen molar-refractivity contribution in [3.05, 3.63) is 57.6 Å². The molecule has 0 saturated carbocycles. The molecular weight excluding hydrogens is 314 g/mol. The number of hydrogen-bond donors (Lipinski definition) is 0. The Bertz CT molecular complexity index is 721. The van der Waals surface area contributed by atoms with E-state index in [1.165, 1.54) is 11.8 Å². The van der Waals surface area contributed by atoms with Gasteiger partial charge in [0.1, 0.15) is 0 Å². The van der Waals surface area contributed by atoms with E-state index in [0.29, 0.717) is 10.1 Å². The van der Waals surface area contributed by atoms with Gasteiger partial charge in [0.15, 0.2) is 5.17 Å². The molecule has 112 valence electrons. The van der Waals surface area contributed by atoms with Gasteiger partial charge in [-0.1, -0.05) is 24.3 Å². The zero-order valence-corrected chi connectivity index (χ0v) is 13.9. The number of para-hydroxylation sites is 1. The number of thioether (sulfide) groups is 1. The first kappa shape index (κ1) is 15.0. The van der Waals surface area contributed by atoms with Gasteiger partial charge in [-0.15, -0.1) is 11.3 Å². The zero-order chi connectivity index (χ0) is 15.5. The molecule has 0 bridgehead atoms. The lowest BCUT2D eigenvalue weighted by Crippen LogP contribution is -2.40. The molecule has 0 unspecified atom stereocenters. The van der Waals surface area contributed by atoms with Gasteiger partial charge in [-0.2, -0.15) is 0 Å². The van der Waals surface area contributed by atoms with Crippen molar-refractivity contribution in [2.24, 2.45) is 4.99 Å². The number of thiophene rings is 1. The van der Waals surface area contributed by atoms with Gasteiger partial charge in [-0.25, -0.2) is 15.0 Å². The van der Waals surface area contributed by atoms with Crippen molar-refractivity contribution in [2.75, 3.05) is 14.1 Å². The molecule has 0 atom stereocenters. The summed E-state index contributed by atoms with van der Waals surface area (Å²) in [5.41, 5.74) is 0.835. The molecular formula is C16H15N3OS2. The molecule has 1 aromatic heterocycles. The van der Waals surface area contributed by atoms with Gasteiger partial charge in [-0.3, -0.25) is 4.79 Å². The predicted octanol–water partition coefficient (Wildman–Crippen LogP) is 3.83. The largest absolute Gasteiger partial charge is 0.281 e. The molecule has 1 amide bonds. The zero-order valence-electron chi connectivity index (χ0n) is 12.3. The summed E-state index contributed by atoms with van der Waals surface area (Å²) in [4.78, 5) is 18.9. The average Bonchev–Trinajstić information content (AvgIpc) is 3.09. The van der Waals surface area contributed by atoms with Crippen molar-refractivity contribution >= 4 is 45.9 Å². The number of hydrogen-bond acceptors (Lipinski definition) is 5. The first-order chi connectivity index (χ1) is 10.6. The molecule has 4 nitrogen and oxygen atoms in total. The molecule has 1 aromatic carbocycles. The summed E-state index contributed by atoms with van der Waals surface area (Å²) in [6.45, 7) is 0. The molecule has 1 aliphatic rings. The topological polar surface area (TPSA) is 35.9 Å². The van der Waals surface area contributed by atoms with E-state index in [1.807, 2.05) is 68.0 Å². The third-order valence-corrected chi connectivity index (χ3v) is 4.76. The quantitative estimate of drug-likeness (QED) is 0.803. The van der Waals surface area contributed by atoms with Crippen LogP contribution in [-0.2, 0) is 4.79 Å². The van der Waals surface area contributed by atoms with Crippen molar-refractivity contribution in [1.82, 2.24) is 10.0 Å². The molecule has 1 aliphatic heterocycles. The third kappa shape index (κ3) is 3.14. The summed E-state index contributed by atoms with van der Waals surface area (Å²) < 4.78 is 0. The number of hydrazine groups is 1. The summed E-state index contributed by atoms with van der Waals surface area (Å²) in [6, 6.07) is 13.6. The molecule has 1 saturated heterocycles. The number of amidine groups is 1. The Morgan fingerprint density at radius 2 is 1.91 bits per heavy atom. The summed E-state index contributed by atoms with van der Waals surface area (Å²) in [6.07, 6.45) is 1.92. The van der Waals surface area contributed by atoms with E-state index >= 15 is 0 Å². The molecule has 0 spiro atoms. The highest BCUT2D eigenvalue weighted by Crippen LogP contribution is 2.35. The van der Waals surface area contributed by atoms with Crippen LogP contribution in [0.15, 0.2) is 57.7 Å². The Kier molecular flexibility index (Phi) is 4.42. The number of carbonyl (C=O) groups is 1. The fraction of sp³-hybridized carbons (Fsp3) is 0.125. The van der Waals surface area contributed by atoms with Crippen LogP contribution in [0, 0.1) is 0 Å². The smallest absolute Gasteiger partial charge is 0.267 e. The van der Waals surface area contributed by atoms with Crippen molar-refractivity contribution in [3.63, 3.8) is 0 Å². The average molecular weight is 329 g/mol. The van der Waals surface area contributed by atoms with Crippen LogP contribution in [0.5, 0.6) is 0 Å². The lowest BCUT2D eigenvalue weighted by molar-refractivity contribution is -0.130. The summed E-state index contributed by atoms with van der Waals surface area (Å²) in [5.74, 6) is -0.0434. The van der Waals surface area contributed by atoms with Crippen LogP contribution >= 0.6 is 23.1 Å². The summed E-state index contributed by atoms with van der Waals surface area (Å²) in [5, 5.41) is 6.02. The highest BCUT2D eigenvalue weighted by atomic mass is 32.2. The Morgan fingerprint density at radius 3 is 2.55 bits per heavy atom. The second-order valence-corrected chi connectivity index (χ2v) is 6.81. The third-order valence-electron chi connectivity index (χ3n) is 2.98. The SMILES string of the molecule is CN(C)N1C(=O)/C(=C/c2cccs2)SC1=Nc1ccccc1. The van der Waals surface area contributed by atoms with Crippen LogP contribution in [0.4, 0.5) is 5.69 Å². The number of amides is 1. The van der Waals surface area contributed by atoms with Gasteiger partial charge in [0.25, 0.3) is 5.91 Å². The van der Waals surface area contributed by atoms with E-state index in [1.54, 1.807) is 21.4 Å². The highest BCUT2D eigenvalue weighted by Gasteiger charge is 2.35. The van der Waals surface area contributed by atoms with Crippen LogP contribution in [-0.4, -0.2) is 35.2 Å². The lowest BCUT2D eigenvalue weighted by atomic mass is 10.3. The Labute approximate surface area is 137 Å². The molecule has 1 fully saturated rings. The van der Waals surface area contributed by atoms with E-state index in [2.05, 4.69) is 4.99 Å². The van der Waals surface area contributed by atoms with Crippen LogP contribution in [0.1, 0.15) is 4.88 Å². The lowest BCUT2D eigenvalue weighted by Gasteiger charge is -2.22. The van der Waals surface area contributed by atoms with Crippen molar-refractivity contribution in [3.8, 4) is 0 Å². The molecule has 22 heavy (non-hydrogen) atoms. The first-order valence-electron chi connectivity index (χ1n) is 6.73. The molecule has 0 N–H and O–H groups in total. The maximum absolute atomic E-state index is 12.6. The number of benzene rings is 1. The maximum atomic E-state index is 12.6. The van der Waals surface area contributed by atoms with Gasteiger partial charge in [0.05, 0.1) is 10.6 Å². The number of nitrogens with zero attached hydrogens (tertiary/aromatic N) is 3. The molecule has 2 heterocycles. The van der Waals surface area contributed by atoms with Gasteiger partial charge >= 0.3 is 0 Å². The summed E-state index contributed by atoms with van der Waals surface area (Å²) in [7, 11) is 3.68. The molecule has 6 heteroatoms. The van der Waals surface area contributed by atoms with Gasteiger partial charge in [0.2, 0.25) is 0 Å². The van der Waals surface area contributed by atoms with Crippen molar-refractivity contribution in [1.29, 1.82) is 0 Å². The van der Waals surface area contributed by atoms with Crippen LogP contribution in [0.2, 0.25) is 0 Å². The highest BCUT2D eigenvalue weighted by molar-refractivity contribution is 8.18.